The zero-order chi connectivity index (χ0) is 13.8. The van der Waals surface area contributed by atoms with E-state index in [0.29, 0.717) is 5.06 Å². The summed E-state index contributed by atoms with van der Waals surface area (Å²) in [7, 11) is 0. The summed E-state index contributed by atoms with van der Waals surface area (Å²) < 4.78 is 0. The van der Waals surface area contributed by atoms with Crippen LogP contribution in [-0.2, 0) is 14.4 Å². The van der Waals surface area contributed by atoms with E-state index in [1.165, 1.54) is 11.8 Å². The van der Waals surface area contributed by atoms with E-state index in [1.807, 2.05) is 0 Å². The molecule has 19 heavy (non-hydrogen) atoms. The van der Waals surface area contributed by atoms with Crippen molar-refractivity contribution in [1.82, 2.24) is 5.06 Å². The number of thioether (sulfide) groups is 1. The Morgan fingerprint density at radius 1 is 1.21 bits per heavy atom. The van der Waals surface area contributed by atoms with Gasteiger partial charge in [-0.2, -0.15) is 0 Å². The Morgan fingerprint density at radius 3 is 2.32 bits per heavy atom. The second-order valence-corrected chi connectivity index (χ2v) is 4.81. The molecule has 0 aliphatic carbocycles. The Balaban J connectivity index is 2.05. The lowest BCUT2D eigenvalue weighted by molar-refractivity contribution is -0.172. The van der Waals surface area contributed by atoms with Crippen molar-refractivity contribution in [2.24, 2.45) is 0 Å². The third-order valence-corrected chi connectivity index (χ3v) is 3.20. The number of hydroxylamine groups is 2. The fraction of sp³-hybridized carbons (Fsp3) is 0.154. The maximum atomic E-state index is 11.8. The van der Waals surface area contributed by atoms with Gasteiger partial charge in [0.2, 0.25) is 0 Å². The number of carbonyl (C=O) groups is 3. The Labute approximate surface area is 114 Å². The zero-order valence-corrected chi connectivity index (χ0v) is 10.8. The third kappa shape index (κ3) is 3.03. The smallest absolute Gasteiger partial charge is 0.325 e. The summed E-state index contributed by atoms with van der Waals surface area (Å²) in [6.07, 6.45) is 0.169. The molecule has 1 fully saturated rings. The van der Waals surface area contributed by atoms with Crippen molar-refractivity contribution in [2.75, 3.05) is 0 Å². The van der Waals surface area contributed by atoms with Crippen molar-refractivity contribution in [3.8, 4) is 0 Å². The van der Waals surface area contributed by atoms with Gasteiger partial charge in [-0.15, -0.1) is 5.06 Å². The molecule has 1 aromatic rings. The zero-order valence-electron chi connectivity index (χ0n) is 10.00. The molecule has 98 valence electrons. The van der Waals surface area contributed by atoms with Crippen molar-refractivity contribution in [1.29, 1.82) is 0 Å². The maximum absolute atomic E-state index is 11.8. The van der Waals surface area contributed by atoms with E-state index in [2.05, 4.69) is 6.58 Å². The Hall–Kier alpha value is -2.08. The van der Waals surface area contributed by atoms with Crippen LogP contribution in [0, 0.1) is 0 Å². The molecule has 0 bridgehead atoms. The maximum Gasteiger partial charge on any atom is 0.363 e. The van der Waals surface area contributed by atoms with Crippen LogP contribution in [0.3, 0.4) is 0 Å². The average Bonchev–Trinajstić information content (AvgIpc) is 2.72. The number of carbonyl (C=O) groups excluding carboxylic acids is 3. The van der Waals surface area contributed by atoms with Gasteiger partial charge >= 0.3 is 5.97 Å². The molecule has 2 amide bonds. The fourth-order valence-electron chi connectivity index (χ4n) is 1.56. The fourth-order valence-corrected chi connectivity index (χ4v) is 2.04. The van der Waals surface area contributed by atoms with Crippen LogP contribution in [0.4, 0.5) is 0 Å². The van der Waals surface area contributed by atoms with Crippen LogP contribution >= 0.6 is 11.8 Å². The largest absolute Gasteiger partial charge is 0.363 e. The molecule has 1 aliphatic rings. The molecule has 1 heterocycles. The molecule has 1 aliphatic heterocycles. The number of nitrogens with zero attached hydrogens (tertiary/aromatic N) is 1. The molecule has 5 nitrogen and oxygen atoms in total. The van der Waals surface area contributed by atoms with Crippen molar-refractivity contribution >= 4 is 29.5 Å². The Kier molecular flexibility index (Phi) is 4.01. The lowest BCUT2D eigenvalue weighted by Crippen LogP contribution is -2.32. The van der Waals surface area contributed by atoms with E-state index in [1.54, 1.807) is 29.7 Å². The van der Waals surface area contributed by atoms with Crippen molar-refractivity contribution < 1.29 is 19.2 Å². The van der Waals surface area contributed by atoms with Crippen LogP contribution in [0.2, 0.25) is 0 Å². The summed E-state index contributed by atoms with van der Waals surface area (Å²) in [6.45, 7) is 3.59. The highest BCUT2D eigenvalue weighted by molar-refractivity contribution is 8.02. The van der Waals surface area contributed by atoms with E-state index < -0.39 is 17.8 Å². The monoisotopic (exact) mass is 277 g/mol. The van der Waals surface area contributed by atoms with Crippen LogP contribution in [0.15, 0.2) is 41.1 Å². The van der Waals surface area contributed by atoms with Crippen LogP contribution in [0.5, 0.6) is 0 Å². The quantitative estimate of drug-likeness (QED) is 0.623. The molecule has 0 saturated carbocycles. The Morgan fingerprint density at radius 2 is 1.79 bits per heavy atom. The SMILES string of the molecule is C=CSc1ccc(C(=O)ON2C(=O)CCC2=O)cc1. The van der Waals surface area contributed by atoms with Crippen LogP contribution < -0.4 is 0 Å². The molecule has 0 unspecified atom stereocenters. The van der Waals surface area contributed by atoms with E-state index in [4.69, 9.17) is 4.84 Å². The van der Waals surface area contributed by atoms with Gasteiger partial charge in [-0.1, -0.05) is 18.3 Å². The first kappa shape index (κ1) is 13.4. The van der Waals surface area contributed by atoms with Crippen LogP contribution in [-0.4, -0.2) is 22.8 Å². The lowest BCUT2D eigenvalue weighted by atomic mass is 10.2. The molecule has 1 saturated heterocycles. The van der Waals surface area contributed by atoms with Crippen molar-refractivity contribution in [2.45, 2.75) is 17.7 Å². The van der Waals surface area contributed by atoms with Crippen molar-refractivity contribution in [3.05, 3.63) is 41.8 Å². The summed E-state index contributed by atoms with van der Waals surface area (Å²) in [5, 5.41) is 2.21. The van der Waals surface area contributed by atoms with E-state index >= 15 is 0 Å². The normalized spacial score (nSPS) is 14.6. The van der Waals surface area contributed by atoms with Crippen molar-refractivity contribution in [3.63, 3.8) is 0 Å². The minimum atomic E-state index is -0.723. The van der Waals surface area contributed by atoms with E-state index in [0.717, 1.165) is 4.90 Å². The second kappa shape index (κ2) is 5.71. The molecule has 0 aromatic heterocycles. The molecular formula is C13H11NO4S. The number of benzene rings is 1. The summed E-state index contributed by atoms with van der Waals surface area (Å²) in [4.78, 5) is 40.1. The predicted molar refractivity (Wildman–Crippen MR) is 69.0 cm³/mol. The molecule has 6 heteroatoms. The van der Waals surface area contributed by atoms with Gasteiger partial charge in [0.1, 0.15) is 0 Å². The highest BCUT2D eigenvalue weighted by Gasteiger charge is 2.33. The van der Waals surface area contributed by atoms with Crippen LogP contribution in [0.1, 0.15) is 23.2 Å². The summed E-state index contributed by atoms with van der Waals surface area (Å²) >= 11 is 1.42. The molecule has 0 spiro atoms. The van der Waals surface area contributed by atoms with Gasteiger partial charge in [-0.3, -0.25) is 9.59 Å². The molecular weight excluding hydrogens is 266 g/mol. The first-order valence-corrected chi connectivity index (χ1v) is 6.45. The Bertz CT molecular complexity index is 522. The highest BCUT2D eigenvalue weighted by atomic mass is 32.2. The average molecular weight is 277 g/mol. The number of amides is 2. The predicted octanol–water partition coefficient (Wildman–Crippen LogP) is 2.14. The van der Waals surface area contributed by atoms with Gasteiger partial charge in [0.15, 0.2) is 0 Å². The minimum absolute atomic E-state index is 0.0844. The minimum Gasteiger partial charge on any atom is -0.325 e. The van der Waals surface area contributed by atoms with E-state index in [-0.39, 0.29) is 18.4 Å². The van der Waals surface area contributed by atoms with Gasteiger partial charge in [-0.05, 0) is 29.7 Å². The highest BCUT2D eigenvalue weighted by Crippen LogP contribution is 2.20. The number of rotatable bonds is 4. The van der Waals surface area contributed by atoms with Gasteiger partial charge in [0, 0.05) is 17.7 Å². The molecule has 2 rings (SSSR count). The molecule has 0 N–H and O–H groups in total. The summed E-state index contributed by atoms with van der Waals surface area (Å²) in [6, 6.07) is 6.60. The molecule has 0 atom stereocenters. The second-order valence-electron chi connectivity index (χ2n) is 3.77. The molecule has 0 radical (unpaired) electrons. The topological polar surface area (TPSA) is 63.7 Å². The lowest BCUT2D eigenvalue weighted by Gasteiger charge is -2.12. The summed E-state index contributed by atoms with van der Waals surface area (Å²) in [5.74, 6) is -1.70. The summed E-state index contributed by atoms with van der Waals surface area (Å²) in [5.41, 5.74) is 0.279. The van der Waals surface area contributed by atoms with Gasteiger partial charge in [0.25, 0.3) is 11.8 Å². The first-order chi connectivity index (χ1) is 9.11. The standard InChI is InChI=1S/C13H11NO4S/c1-2-19-10-5-3-9(4-6-10)13(17)18-14-11(15)7-8-12(14)16/h2-6H,1,7-8H2. The first-order valence-electron chi connectivity index (χ1n) is 5.57. The van der Waals surface area contributed by atoms with E-state index in [9.17, 15) is 14.4 Å². The van der Waals surface area contributed by atoms with Gasteiger partial charge in [0.05, 0.1) is 5.56 Å². The number of hydrogen-bond donors (Lipinski definition) is 0. The third-order valence-electron chi connectivity index (χ3n) is 2.49. The van der Waals surface area contributed by atoms with Crippen LogP contribution in [0.25, 0.3) is 0 Å². The van der Waals surface area contributed by atoms with Gasteiger partial charge in [-0.25, -0.2) is 4.79 Å². The number of hydrogen-bond acceptors (Lipinski definition) is 5. The van der Waals surface area contributed by atoms with Gasteiger partial charge < -0.3 is 4.84 Å². The number of imide groups is 1. The molecule has 1 aromatic carbocycles.